The monoisotopic (exact) mass is 209 g/mol. The van der Waals surface area contributed by atoms with Crippen LogP contribution in [-0.2, 0) is 6.54 Å². The van der Waals surface area contributed by atoms with Gasteiger partial charge in [0.05, 0.1) is 5.69 Å². The molecule has 0 amide bonds. The van der Waals surface area contributed by atoms with Gasteiger partial charge in [0.15, 0.2) is 0 Å². The molecule has 84 valence electrons. The fourth-order valence-corrected chi connectivity index (χ4v) is 1.28. The Morgan fingerprint density at radius 1 is 1.47 bits per heavy atom. The number of hydrogen-bond donors (Lipinski definition) is 2. The maximum absolute atomic E-state index is 11.5. The molecule has 0 bridgehead atoms. The Morgan fingerprint density at radius 2 is 2.13 bits per heavy atom. The van der Waals surface area contributed by atoms with E-state index < -0.39 is 0 Å². The van der Waals surface area contributed by atoms with E-state index in [2.05, 4.69) is 26.1 Å². The molecular weight excluding hydrogens is 190 g/mol. The van der Waals surface area contributed by atoms with Crippen LogP contribution in [-0.4, -0.2) is 16.7 Å². The molecule has 0 saturated carbocycles. The summed E-state index contributed by atoms with van der Waals surface area (Å²) in [6.07, 6.45) is 1.75. The Morgan fingerprint density at radius 3 is 2.73 bits per heavy atom. The van der Waals surface area contributed by atoms with Crippen molar-refractivity contribution >= 4 is 5.69 Å². The van der Waals surface area contributed by atoms with Crippen LogP contribution in [0, 0.1) is 0 Å². The van der Waals surface area contributed by atoms with Crippen molar-refractivity contribution in [2.75, 3.05) is 12.3 Å². The van der Waals surface area contributed by atoms with Crippen LogP contribution in [0.1, 0.15) is 20.8 Å². The smallest absolute Gasteiger partial charge is 0.273 e. The quantitative estimate of drug-likeness (QED) is 0.774. The third kappa shape index (κ3) is 3.75. The lowest BCUT2D eigenvalue weighted by atomic mass is 10.1. The van der Waals surface area contributed by atoms with E-state index in [-0.39, 0.29) is 11.1 Å². The first kappa shape index (κ1) is 11.8. The first-order valence-electron chi connectivity index (χ1n) is 5.10. The van der Waals surface area contributed by atoms with Crippen LogP contribution < -0.4 is 16.6 Å². The molecule has 0 spiro atoms. The summed E-state index contributed by atoms with van der Waals surface area (Å²) >= 11 is 0. The van der Waals surface area contributed by atoms with Crippen molar-refractivity contribution < 1.29 is 0 Å². The molecule has 0 radical (unpaired) electrons. The molecule has 1 aromatic heterocycles. The summed E-state index contributed by atoms with van der Waals surface area (Å²) in [7, 11) is 0. The number of hydrogen-bond acceptors (Lipinski definition) is 3. The molecule has 1 rings (SSSR count). The van der Waals surface area contributed by atoms with Crippen LogP contribution >= 0.6 is 0 Å². The van der Waals surface area contributed by atoms with Crippen LogP contribution in [0.4, 0.5) is 5.69 Å². The second kappa shape index (κ2) is 4.49. The van der Waals surface area contributed by atoms with Crippen molar-refractivity contribution in [1.29, 1.82) is 0 Å². The zero-order chi connectivity index (χ0) is 11.5. The van der Waals surface area contributed by atoms with Crippen LogP contribution in [0.15, 0.2) is 23.1 Å². The van der Waals surface area contributed by atoms with Crippen molar-refractivity contribution in [2.45, 2.75) is 32.9 Å². The number of nitrogens with one attached hydrogen (secondary N) is 1. The fourth-order valence-electron chi connectivity index (χ4n) is 1.28. The number of anilines is 1. The van der Waals surface area contributed by atoms with Crippen LogP contribution in [0.2, 0.25) is 0 Å². The molecule has 3 N–H and O–H groups in total. The van der Waals surface area contributed by atoms with Crippen molar-refractivity contribution in [3.63, 3.8) is 0 Å². The molecule has 1 aromatic rings. The maximum atomic E-state index is 11.5. The number of rotatable bonds is 3. The van der Waals surface area contributed by atoms with Gasteiger partial charge < -0.3 is 15.6 Å². The lowest BCUT2D eigenvalue weighted by Crippen LogP contribution is -2.39. The van der Waals surface area contributed by atoms with Gasteiger partial charge in [-0.2, -0.15) is 0 Å². The molecular formula is C11H19N3O. The number of nitrogens with zero attached hydrogens (tertiary/aromatic N) is 1. The molecule has 0 atom stereocenters. The van der Waals surface area contributed by atoms with Crippen LogP contribution in [0.25, 0.3) is 0 Å². The maximum Gasteiger partial charge on any atom is 0.273 e. The summed E-state index contributed by atoms with van der Waals surface area (Å²) in [5.41, 5.74) is 5.78. The van der Waals surface area contributed by atoms with E-state index in [0.717, 1.165) is 6.54 Å². The van der Waals surface area contributed by atoms with Crippen molar-refractivity contribution in [2.24, 2.45) is 0 Å². The third-order valence-corrected chi connectivity index (χ3v) is 2.06. The van der Waals surface area contributed by atoms with E-state index in [4.69, 9.17) is 5.73 Å². The van der Waals surface area contributed by atoms with E-state index in [1.54, 1.807) is 22.9 Å². The Bertz CT molecular complexity index is 376. The van der Waals surface area contributed by atoms with Gasteiger partial charge in [-0.3, -0.25) is 4.79 Å². The average Bonchev–Trinajstić information content (AvgIpc) is 2.10. The Labute approximate surface area is 90.1 Å². The predicted molar refractivity (Wildman–Crippen MR) is 62.9 cm³/mol. The number of nitrogen functional groups attached to an aromatic ring is 1. The predicted octanol–water partition coefficient (Wildman–Crippen LogP) is 0.819. The first-order chi connectivity index (χ1) is 6.90. The highest BCUT2D eigenvalue weighted by atomic mass is 16.1. The standard InChI is InChI=1S/C11H19N3O/c1-11(2,3)13-6-8-14-7-4-5-9(12)10(14)15/h4-5,7,13H,6,8,12H2,1-3H3. The van der Waals surface area contributed by atoms with Gasteiger partial charge in [-0.25, -0.2) is 0 Å². The van der Waals surface area contributed by atoms with Gasteiger partial charge >= 0.3 is 0 Å². The molecule has 15 heavy (non-hydrogen) atoms. The summed E-state index contributed by atoms with van der Waals surface area (Å²) in [6, 6.07) is 3.41. The zero-order valence-electron chi connectivity index (χ0n) is 9.58. The fraction of sp³-hybridized carbons (Fsp3) is 0.545. The molecule has 0 aliphatic rings. The Hall–Kier alpha value is -1.29. The minimum Gasteiger partial charge on any atom is -0.394 e. The number of nitrogens with two attached hydrogens (primary N) is 1. The van der Waals surface area contributed by atoms with Crippen molar-refractivity contribution in [3.8, 4) is 0 Å². The van der Waals surface area contributed by atoms with Crippen molar-refractivity contribution in [3.05, 3.63) is 28.7 Å². The minimum absolute atomic E-state index is 0.0733. The third-order valence-electron chi connectivity index (χ3n) is 2.06. The molecule has 0 fully saturated rings. The Balaban J connectivity index is 2.59. The Kier molecular flexibility index (Phi) is 3.52. The topological polar surface area (TPSA) is 60.1 Å². The summed E-state index contributed by atoms with van der Waals surface area (Å²) in [6.45, 7) is 7.67. The van der Waals surface area contributed by atoms with E-state index in [1.807, 2.05) is 0 Å². The van der Waals surface area contributed by atoms with E-state index in [0.29, 0.717) is 12.2 Å². The average molecular weight is 209 g/mol. The summed E-state index contributed by atoms with van der Waals surface area (Å²) in [4.78, 5) is 11.5. The molecule has 4 nitrogen and oxygen atoms in total. The second-order valence-electron chi connectivity index (χ2n) is 4.64. The van der Waals surface area contributed by atoms with Gasteiger partial charge in [0.1, 0.15) is 0 Å². The molecule has 0 aromatic carbocycles. The second-order valence-corrected chi connectivity index (χ2v) is 4.64. The van der Waals surface area contributed by atoms with E-state index >= 15 is 0 Å². The number of aromatic nitrogens is 1. The minimum atomic E-state index is -0.117. The van der Waals surface area contributed by atoms with Crippen LogP contribution in [0.3, 0.4) is 0 Å². The molecule has 1 heterocycles. The van der Waals surface area contributed by atoms with Gasteiger partial charge in [-0.1, -0.05) is 0 Å². The van der Waals surface area contributed by atoms with Gasteiger partial charge in [0, 0.05) is 24.8 Å². The highest BCUT2D eigenvalue weighted by Crippen LogP contribution is 1.97. The summed E-state index contributed by atoms with van der Waals surface area (Å²) in [5.74, 6) is 0. The number of pyridine rings is 1. The van der Waals surface area contributed by atoms with Gasteiger partial charge in [-0.15, -0.1) is 0 Å². The highest BCUT2D eigenvalue weighted by Gasteiger charge is 2.07. The molecule has 0 aliphatic heterocycles. The van der Waals surface area contributed by atoms with Crippen molar-refractivity contribution in [1.82, 2.24) is 9.88 Å². The lowest BCUT2D eigenvalue weighted by Gasteiger charge is -2.20. The normalized spacial score (nSPS) is 11.7. The first-order valence-corrected chi connectivity index (χ1v) is 5.10. The molecule has 0 saturated heterocycles. The van der Waals surface area contributed by atoms with Crippen LogP contribution in [0.5, 0.6) is 0 Å². The SMILES string of the molecule is CC(C)(C)NCCn1cccc(N)c1=O. The molecule has 0 unspecified atom stereocenters. The van der Waals surface area contributed by atoms with Gasteiger partial charge in [0.2, 0.25) is 0 Å². The largest absolute Gasteiger partial charge is 0.394 e. The zero-order valence-corrected chi connectivity index (χ0v) is 9.58. The van der Waals surface area contributed by atoms with Gasteiger partial charge in [-0.05, 0) is 32.9 Å². The van der Waals surface area contributed by atoms with E-state index in [1.165, 1.54) is 0 Å². The van der Waals surface area contributed by atoms with E-state index in [9.17, 15) is 4.79 Å². The summed E-state index contributed by atoms with van der Waals surface area (Å²) < 4.78 is 1.62. The highest BCUT2D eigenvalue weighted by molar-refractivity contribution is 5.33. The molecule has 0 aliphatic carbocycles. The van der Waals surface area contributed by atoms with Gasteiger partial charge in [0.25, 0.3) is 5.56 Å². The molecule has 4 heteroatoms. The summed E-state index contributed by atoms with van der Waals surface area (Å²) in [5, 5.41) is 3.32. The lowest BCUT2D eigenvalue weighted by molar-refractivity contribution is 0.410.